The van der Waals surface area contributed by atoms with Gasteiger partial charge in [0.15, 0.2) is 5.82 Å². The maximum Gasteiger partial charge on any atom is 0.258 e. The number of aromatic amines is 1. The summed E-state index contributed by atoms with van der Waals surface area (Å²) >= 11 is 11.9. The third-order valence-electron chi connectivity index (χ3n) is 3.86. The van der Waals surface area contributed by atoms with Gasteiger partial charge in [-0.15, -0.1) is 0 Å². The number of halogens is 3. The van der Waals surface area contributed by atoms with Crippen LogP contribution in [0.1, 0.15) is 24.4 Å². The molecule has 0 unspecified atom stereocenters. The smallest absolute Gasteiger partial charge is 0.258 e. The van der Waals surface area contributed by atoms with Crippen LogP contribution in [0.25, 0.3) is 10.9 Å². The third-order valence-corrected chi connectivity index (χ3v) is 4.47. The molecule has 124 valence electrons. The van der Waals surface area contributed by atoms with Crippen LogP contribution in [0.5, 0.6) is 0 Å². The summed E-state index contributed by atoms with van der Waals surface area (Å²) in [6.07, 6.45) is 0. The van der Waals surface area contributed by atoms with E-state index < -0.39 is 5.82 Å². The van der Waals surface area contributed by atoms with Gasteiger partial charge in [-0.25, -0.2) is 9.37 Å². The molecule has 1 atom stereocenters. The number of nitrogens with zero attached hydrogens (tertiary/aromatic N) is 1. The number of rotatable bonds is 4. The van der Waals surface area contributed by atoms with Crippen LogP contribution >= 0.6 is 23.2 Å². The van der Waals surface area contributed by atoms with E-state index in [4.69, 9.17) is 23.2 Å². The van der Waals surface area contributed by atoms with E-state index in [-0.39, 0.29) is 16.6 Å². The fourth-order valence-corrected chi connectivity index (χ4v) is 3.09. The van der Waals surface area contributed by atoms with Gasteiger partial charge >= 0.3 is 0 Å². The van der Waals surface area contributed by atoms with Gasteiger partial charge in [-0.1, -0.05) is 35.3 Å². The van der Waals surface area contributed by atoms with Crippen LogP contribution in [0.2, 0.25) is 10.0 Å². The Labute approximate surface area is 147 Å². The highest BCUT2D eigenvalue weighted by Gasteiger charge is 2.16. The summed E-state index contributed by atoms with van der Waals surface area (Å²) in [5, 5.41) is 2.88. The highest BCUT2D eigenvalue weighted by Crippen LogP contribution is 2.27. The molecule has 7 heteroatoms. The fourth-order valence-electron chi connectivity index (χ4n) is 2.53. The first kappa shape index (κ1) is 16.9. The zero-order chi connectivity index (χ0) is 17.3. The molecular formula is C17H15Cl2FN3O+. The largest absolute Gasteiger partial charge is 0.334 e. The van der Waals surface area contributed by atoms with Crippen LogP contribution in [-0.4, -0.2) is 9.97 Å². The zero-order valence-electron chi connectivity index (χ0n) is 12.8. The van der Waals surface area contributed by atoms with Crippen LogP contribution in [-0.2, 0) is 6.54 Å². The Morgan fingerprint density at radius 2 is 2.00 bits per heavy atom. The van der Waals surface area contributed by atoms with Crippen molar-refractivity contribution < 1.29 is 9.71 Å². The summed E-state index contributed by atoms with van der Waals surface area (Å²) in [6.45, 7) is 2.33. The molecule has 0 saturated heterocycles. The van der Waals surface area contributed by atoms with Gasteiger partial charge in [0.2, 0.25) is 0 Å². The lowest BCUT2D eigenvalue weighted by Crippen LogP contribution is -2.83. The Hall–Kier alpha value is -1.95. The first-order chi connectivity index (χ1) is 11.5. The van der Waals surface area contributed by atoms with Gasteiger partial charge in [-0.2, -0.15) is 0 Å². The molecule has 3 aromatic rings. The summed E-state index contributed by atoms with van der Waals surface area (Å²) in [4.78, 5) is 19.3. The van der Waals surface area contributed by atoms with E-state index in [1.54, 1.807) is 18.2 Å². The van der Waals surface area contributed by atoms with Crippen LogP contribution in [0.4, 0.5) is 4.39 Å². The van der Waals surface area contributed by atoms with E-state index >= 15 is 0 Å². The lowest BCUT2D eigenvalue weighted by molar-refractivity contribution is -0.708. The molecule has 24 heavy (non-hydrogen) atoms. The zero-order valence-corrected chi connectivity index (χ0v) is 14.3. The number of benzene rings is 2. The minimum atomic E-state index is -0.506. The standard InChI is InChI=1S/C17H14Cl2FN3O/c1-9(11-6-14(20)13(19)7-12(11)18)21-8-16-22-15-5-3-2-4-10(15)17(24)23-16/h2-7,9,21H,8H2,1H3,(H,22,23,24)/p+1/t9-/m0/s1. The van der Waals surface area contributed by atoms with E-state index in [1.807, 2.05) is 18.3 Å². The summed E-state index contributed by atoms with van der Waals surface area (Å²) < 4.78 is 13.6. The molecule has 3 N–H and O–H groups in total. The van der Waals surface area contributed by atoms with Crippen molar-refractivity contribution in [2.45, 2.75) is 19.5 Å². The molecule has 0 aliphatic heterocycles. The summed E-state index contributed by atoms with van der Waals surface area (Å²) in [7, 11) is 0. The van der Waals surface area contributed by atoms with Crippen molar-refractivity contribution in [2.24, 2.45) is 0 Å². The predicted molar refractivity (Wildman–Crippen MR) is 92.8 cm³/mol. The average molecular weight is 367 g/mol. The van der Waals surface area contributed by atoms with Crippen molar-refractivity contribution in [3.63, 3.8) is 0 Å². The Morgan fingerprint density at radius 1 is 1.25 bits per heavy atom. The van der Waals surface area contributed by atoms with Gasteiger partial charge in [-0.3, -0.25) is 4.79 Å². The molecule has 1 aromatic heterocycles. The van der Waals surface area contributed by atoms with E-state index in [1.165, 1.54) is 12.1 Å². The number of hydrogen-bond donors (Lipinski definition) is 2. The fraction of sp³-hybridized carbons (Fsp3) is 0.176. The highest BCUT2D eigenvalue weighted by molar-refractivity contribution is 6.35. The summed E-state index contributed by atoms with van der Waals surface area (Å²) in [5.41, 5.74) is 1.11. The number of H-pyrrole nitrogens is 1. The number of aromatic nitrogens is 2. The lowest BCUT2D eigenvalue weighted by atomic mass is 10.1. The van der Waals surface area contributed by atoms with Crippen LogP contribution < -0.4 is 10.9 Å². The number of quaternary nitrogens is 1. The molecule has 0 bridgehead atoms. The molecule has 0 radical (unpaired) electrons. The lowest BCUT2D eigenvalue weighted by Gasteiger charge is -2.13. The van der Waals surface area contributed by atoms with Gasteiger partial charge in [0.05, 0.1) is 20.9 Å². The monoisotopic (exact) mass is 366 g/mol. The Kier molecular flexibility index (Phi) is 4.85. The van der Waals surface area contributed by atoms with Crippen molar-refractivity contribution >= 4 is 34.1 Å². The van der Waals surface area contributed by atoms with Crippen molar-refractivity contribution in [1.29, 1.82) is 0 Å². The normalized spacial score (nSPS) is 12.5. The topological polar surface area (TPSA) is 62.4 Å². The Morgan fingerprint density at radius 3 is 2.79 bits per heavy atom. The molecule has 0 fully saturated rings. The second kappa shape index (κ2) is 6.89. The molecule has 2 aromatic carbocycles. The molecule has 0 amide bonds. The number of fused-ring (bicyclic) bond motifs is 1. The second-order valence-electron chi connectivity index (χ2n) is 5.55. The van der Waals surface area contributed by atoms with E-state index in [0.717, 1.165) is 0 Å². The molecule has 0 aliphatic rings. The second-order valence-corrected chi connectivity index (χ2v) is 6.36. The van der Waals surface area contributed by atoms with E-state index in [0.29, 0.717) is 33.9 Å². The SMILES string of the molecule is C[C@H]([NH2+]Cc1nc2ccccc2c(=O)[nH]1)c1cc(F)c(Cl)cc1Cl. The van der Waals surface area contributed by atoms with Gasteiger partial charge in [0.25, 0.3) is 5.56 Å². The number of hydrogen-bond acceptors (Lipinski definition) is 2. The van der Waals surface area contributed by atoms with Crippen molar-refractivity contribution in [1.82, 2.24) is 9.97 Å². The molecule has 0 spiro atoms. The summed E-state index contributed by atoms with van der Waals surface area (Å²) in [5.74, 6) is 0.0460. The van der Waals surface area contributed by atoms with Crippen LogP contribution in [0, 0.1) is 5.82 Å². The number of nitrogens with one attached hydrogen (secondary N) is 1. The van der Waals surface area contributed by atoms with Crippen LogP contribution in [0.15, 0.2) is 41.2 Å². The van der Waals surface area contributed by atoms with Crippen molar-refractivity contribution in [3.05, 3.63) is 74.0 Å². The molecule has 4 nitrogen and oxygen atoms in total. The maximum atomic E-state index is 13.6. The maximum absolute atomic E-state index is 13.6. The molecular weight excluding hydrogens is 352 g/mol. The minimum absolute atomic E-state index is 0.00326. The predicted octanol–water partition coefficient (Wildman–Crippen LogP) is 3.19. The van der Waals surface area contributed by atoms with Gasteiger partial charge in [-0.05, 0) is 31.2 Å². The van der Waals surface area contributed by atoms with Gasteiger partial charge < -0.3 is 10.3 Å². The quantitative estimate of drug-likeness (QED) is 0.696. The molecule has 1 heterocycles. The van der Waals surface area contributed by atoms with Crippen LogP contribution in [0.3, 0.4) is 0 Å². The average Bonchev–Trinajstić information content (AvgIpc) is 2.56. The Bertz CT molecular complexity index is 958. The Balaban J connectivity index is 1.81. The summed E-state index contributed by atoms with van der Waals surface area (Å²) in [6, 6.07) is 9.76. The van der Waals surface area contributed by atoms with Gasteiger partial charge in [0.1, 0.15) is 18.4 Å². The van der Waals surface area contributed by atoms with E-state index in [2.05, 4.69) is 9.97 Å². The molecule has 0 aliphatic carbocycles. The third kappa shape index (κ3) is 3.43. The highest BCUT2D eigenvalue weighted by atomic mass is 35.5. The first-order valence-electron chi connectivity index (χ1n) is 7.41. The number of nitrogens with two attached hydrogens (primary N) is 1. The first-order valence-corrected chi connectivity index (χ1v) is 8.17. The number of para-hydroxylation sites is 1. The van der Waals surface area contributed by atoms with Crippen molar-refractivity contribution in [3.8, 4) is 0 Å². The minimum Gasteiger partial charge on any atom is -0.334 e. The van der Waals surface area contributed by atoms with Crippen molar-refractivity contribution in [2.75, 3.05) is 0 Å². The molecule has 3 rings (SSSR count). The van der Waals surface area contributed by atoms with Gasteiger partial charge in [0, 0.05) is 5.56 Å². The molecule has 0 saturated carbocycles. The van der Waals surface area contributed by atoms with E-state index in [9.17, 15) is 9.18 Å².